The van der Waals surface area contributed by atoms with E-state index in [0.717, 1.165) is 12.8 Å². The van der Waals surface area contributed by atoms with Gasteiger partial charge < -0.3 is 20.1 Å². The van der Waals surface area contributed by atoms with Crippen molar-refractivity contribution in [3.63, 3.8) is 0 Å². The number of esters is 1. The molecule has 2 rings (SSSR count). The number of aliphatic carboxylic acids is 1. The van der Waals surface area contributed by atoms with E-state index in [1.807, 2.05) is 6.92 Å². The Bertz CT molecular complexity index is 445. The van der Waals surface area contributed by atoms with Crippen molar-refractivity contribution < 1.29 is 24.2 Å². The summed E-state index contributed by atoms with van der Waals surface area (Å²) in [4.78, 5) is 36.9. The normalized spacial score (nSPS) is 27.4. The van der Waals surface area contributed by atoms with Crippen LogP contribution in [0.3, 0.4) is 0 Å². The second kappa shape index (κ2) is 5.91. The highest BCUT2D eigenvalue weighted by atomic mass is 16.5. The zero-order valence-electron chi connectivity index (χ0n) is 12.4. The Morgan fingerprint density at radius 3 is 2.38 bits per heavy atom. The third-order valence-electron chi connectivity index (χ3n) is 4.62. The molecule has 1 aliphatic carbocycles. The van der Waals surface area contributed by atoms with E-state index >= 15 is 0 Å². The maximum atomic E-state index is 12.3. The Hall–Kier alpha value is -1.79. The van der Waals surface area contributed by atoms with Crippen molar-refractivity contribution in [1.29, 1.82) is 0 Å². The molecule has 0 aromatic rings. The highest BCUT2D eigenvalue weighted by Crippen LogP contribution is 2.31. The fraction of sp³-hybridized carbons (Fsp3) is 0.786. The lowest BCUT2D eigenvalue weighted by molar-refractivity contribution is -0.146. The third-order valence-corrected chi connectivity index (χ3v) is 4.62. The van der Waals surface area contributed by atoms with Crippen LogP contribution in [-0.2, 0) is 14.3 Å². The number of likely N-dealkylation sites (tertiary alicyclic amines) is 1. The average Bonchev–Trinajstić information content (AvgIpc) is 3.05. The molecule has 21 heavy (non-hydrogen) atoms. The molecule has 1 saturated heterocycles. The van der Waals surface area contributed by atoms with E-state index in [2.05, 4.69) is 5.32 Å². The van der Waals surface area contributed by atoms with Crippen molar-refractivity contribution >= 4 is 18.0 Å². The third kappa shape index (κ3) is 2.96. The predicted molar refractivity (Wildman–Crippen MR) is 73.6 cm³/mol. The Morgan fingerprint density at radius 1 is 1.24 bits per heavy atom. The molecule has 0 spiro atoms. The number of amides is 2. The smallest absolute Gasteiger partial charge is 0.329 e. The summed E-state index contributed by atoms with van der Waals surface area (Å²) in [7, 11) is 1.33. The van der Waals surface area contributed by atoms with Crippen LogP contribution in [0.2, 0.25) is 0 Å². The lowest BCUT2D eigenvalue weighted by atomic mass is 9.98. The summed E-state index contributed by atoms with van der Waals surface area (Å²) < 4.78 is 4.73. The average molecular weight is 298 g/mol. The first kappa shape index (κ1) is 15.6. The minimum absolute atomic E-state index is 0.00700. The number of nitrogens with zero attached hydrogens (tertiary/aromatic N) is 1. The molecule has 0 aromatic heterocycles. The summed E-state index contributed by atoms with van der Waals surface area (Å²) in [5, 5.41) is 12.0. The monoisotopic (exact) mass is 298 g/mol. The second-order valence-electron chi connectivity index (χ2n) is 6.04. The Morgan fingerprint density at radius 2 is 1.86 bits per heavy atom. The zero-order chi connectivity index (χ0) is 15.6. The van der Waals surface area contributed by atoms with Gasteiger partial charge in [-0.2, -0.15) is 0 Å². The van der Waals surface area contributed by atoms with Gasteiger partial charge in [-0.15, -0.1) is 0 Å². The highest BCUT2D eigenvalue weighted by molar-refractivity contribution is 5.87. The van der Waals surface area contributed by atoms with Gasteiger partial charge >= 0.3 is 18.0 Å². The van der Waals surface area contributed by atoms with Crippen LogP contribution < -0.4 is 5.32 Å². The van der Waals surface area contributed by atoms with Gasteiger partial charge in [-0.05, 0) is 18.8 Å². The first-order chi connectivity index (χ1) is 9.89. The van der Waals surface area contributed by atoms with Gasteiger partial charge in [0.25, 0.3) is 0 Å². The van der Waals surface area contributed by atoms with E-state index in [0.29, 0.717) is 19.4 Å². The van der Waals surface area contributed by atoms with E-state index in [9.17, 15) is 19.5 Å². The standard InChI is InChI=1S/C14H22N2O5/c1-9-7-16(8-10(9)11(17)21-2)13(20)15-14(12(18)19)5-3-4-6-14/h9-10H,3-8H2,1-2H3,(H,15,20)(H,18,19). The Kier molecular flexibility index (Phi) is 4.39. The fourth-order valence-electron chi connectivity index (χ4n) is 3.25. The topological polar surface area (TPSA) is 95.9 Å². The molecule has 0 aromatic carbocycles. The van der Waals surface area contributed by atoms with Gasteiger partial charge in [0.2, 0.25) is 0 Å². The number of methoxy groups -OCH3 is 1. The first-order valence-corrected chi connectivity index (χ1v) is 7.28. The molecule has 2 atom stereocenters. The number of rotatable bonds is 3. The van der Waals surface area contributed by atoms with Crippen molar-refractivity contribution in [2.45, 2.75) is 38.1 Å². The molecule has 0 bridgehead atoms. The van der Waals surface area contributed by atoms with Crippen LogP contribution in [-0.4, -0.2) is 53.7 Å². The number of carboxylic acid groups (broad SMARTS) is 1. The Balaban J connectivity index is 2.01. The SMILES string of the molecule is COC(=O)C1CN(C(=O)NC2(C(=O)O)CCCC2)CC1C. The van der Waals surface area contributed by atoms with Gasteiger partial charge in [0.05, 0.1) is 13.0 Å². The molecule has 118 valence electrons. The summed E-state index contributed by atoms with van der Waals surface area (Å²) >= 11 is 0. The molecular formula is C14H22N2O5. The maximum absolute atomic E-state index is 12.3. The number of hydrogen-bond acceptors (Lipinski definition) is 4. The maximum Gasteiger partial charge on any atom is 0.329 e. The molecule has 2 unspecified atom stereocenters. The molecule has 2 amide bonds. The van der Waals surface area contributed by atoms with Crippen LogP contribution in [0.15, 0.2) is 0 Å². The van der Waals surface area contributed by atoms with Gasteiger partial charge in [0.15, 0.2) is 0 Å². The molecule has 2 N–H and O–H groups in total. The van der Waals surface area contributed by atoms with E-state index in [1.165, 1.54) is 12.0 Å². The number of carbonyl (C=O) groups excluding carboxylic acids is 2. The molecular weight excluding hydrogens is 276 g/mol. The first-order valence-electron chi connectivity index (χ1n) is 7.28. The minimum atomic E-state index is -1.15. The lowest BCUT2D eigenvalue weighted by Gasteiger charge is -2.28. The van der Waals surface area contributed by atoms with E-state index < -0.39 is 17.5 Å². The summed E-state index contributed by atoms with van der Waals surface area (Å²) in [6, 6.07) is -0.405. The molecule has 7 nitrogen and oxygen atoms in total. The number of carboxylic acids is 1. The van der Waals surface area contributed by atoms with E-state index in [1.54, 1.807) is 0 Å². The molecule has 2 aliphatic rings. The van der Waals surface area contributed by atoms with Crippen LogP contribution in [0.1, 0.15) is 32.6 Å². The van der Waals surface area contributed by atoms with Crippen molar-refractivity contribution in [2.75, 3.05) is 20.2 Å². The molecule has 0 radical (unpaired) electrons. The lowest BCUT2D eigenvalue weighted by Crippen LogP contribution is -2.56. The molecule has 7 heteroatoms. The summed E-state index contributed by atoms with van der Waals surface area (Å²) in [6.07, 6.45) is 2.51. The quantitative estimate of drug-likeness (QED) is 0.753. The van der Waals surface area contributed by atoms with E-state index in [-0.39, 0.29) is 24.3 Å². The number of hydrogen-bond donors (Lipinski definition) is 2. The van der Waals surface area contributed by atoms with Gasteiger partial charge in [-0.25, -0.2) is 9.59 Å². The number of ether oxygens (including phenoxy) is 1. The van der Waals surface area contributed by atoms with Crippen LogP contribution in [0.5, 0.6) is 0 Å². The molecule has 1 heterocycles. The van der Waals surface area contributed by atoms with Crippen LogP contribution in [0, 0.1) is 11.8 Å². The van der Waals surface area contributed by atoms with Gasteiger partial charge in [-0.3, -0.25) is 4.79 Å². The number of carbonyl (C=O) groups is 3. The fourth-order valence-corrected chi connectivity index (χ4v) is 3.25. The van der Waals surface area contributed by atoms with Crippen LogP contribution in [0.25, 0.3) is 0 Å². The summed E-state index contributed by atoms with van der Waals surface area (Å²) in [5.74, 6) is -1.64. The van der Waals surface area contributed by atoms with E-state index in [4.69, 9.17) is 4.74 Å². The minimum Gasteiger partial charge on any atom is -0.480 e. The number of nitrogens with one attached hydrogen (secondary N) is 1. The largest absolute Gasteiger partial charge is 0.480 e. The molecule has 1 saturated carbocycles. The predicted octanol–water partition coefficient (Wildman–Crippen LogP) is 0.834. The highest BCUT2D eigenvalue weighted by Gasteiger charge is 2.45. The zero-order valence-corrected chi connectivity index (χ0v) is 12.4. The Labute approximate surface area is 123 Å². The second-order valence-corrected chi connectivity index (χ2v) is 6.04. The van der Waals surface area contributed by atoms with Crippen LogP contribution >= 0.6 is 0 Å². The van der Waals surface area contributed by atoms with Gasteiger partial charge in [0, 0.05) is 13.1 Å². The van der Waals surface area contributed by atoms with Crippen molar-refractivity contribution in [1.82, 2.24) is 10.2 Å². The van der Waals surface area contributed by atoms with Crippen molar-refractivity contribution in [3.05, 3.63) is 0 Å². The molecule has 2 fully saturated rings. The van der Waals surface area contributed by atoms with Crippen molar-refractivity contribution in [2.24, 2.45) is 11.8 Å². The summed E-state index contributed by atoms with van der Waals surface area (Å²) in [5.41, 5.74) is -1.15. The number of urea groups is 1. The van der Waals surface area contributed by atoms with Gasteiger partial charge in [-0.1, -0.05) is 19.8 Å². The van der Waals surface area contributed by atoms with Gasteiger partial charge in [0.1, 0.15) is 5.54 Å². The summed E-state index contributed by atoms with van der Waals surface area (Å²) in [6.45, 7) is 2.59. The van der Waals surface area contributed by atoms with Crippen molar-refractivity contribution in [3.8, 4) is 0 Å². The van der Waals surface area contributed by atoms with Crippen LogP contribution in [0.4, 0.5) is 4.79 Å². The molecule has 1 aliphatic heterocycles.